The van der Waals surface area contributed by atoms with E-state index in [0.717, 1.165) is 18.6 Å². The second-order valence-corrected chi connectivity index (χ2v) is 5.27. The van der Waals surface area contributed by atoms with E-state index in [4.69, 9.17) is 10.00 Å². The quantitative estimate of drug-likeness (QED) is 0.451. The highest BCUT2D eigenvalue weighted by Crippen LogP contribution is 2.33. The number of benzene rings is 1. The molecule has 0 bridgehead atoms. The number of phenols is 1. The van der Waals surface area contributed by atoms with Gasteiger partial charge < -0.3 is 9.84 Å². The van der Waals surface area contributed by atoms with Gasteiger partial charge in [-0.15, -0.1) is 0 Å². The number of ketones is 1. The zero-order valence-electron chi connectivity index (χ0n) is 11.8. The molecule has 1 N–H and O–H groups in total. The van der Waals surface area contributed by atoms with Gasteiger partial charge in [0.1, 0.15) is 16.9 Å². The van der Waals surface area contributed by atoms with E-state index in [1.54, 1.807) is 12.1 Å². The SMILES string of the molecule is CCCc1c(OCCCSC#N)ccc(C(C)=O)c1O. The fourth-order valence-electron chi connectivity index (χ4n) is 1.89. The molecule has 1 aromatic rings. The molecule has 0 unspecified atom stereocenters. The maximum atomic E-state index is 11.4. The number of rotatable bonds is 8. The molecule has 0 fully saturated rings. The summed E-state index contributed by atoms with van der Waals surface area (Å²) in [7, 11) is 0. The molecule has 0 spiro atoms. The highest BCUT2D eigenvalue weighted by molar-refractivity contribution is 8.03. The van der Waals surface area contributed by atoms with Crippen molar-refractivity contribution in [1.82, 2.24) is 0 Å². The summed E-state index contributed by atoms with van der Waals surface area (Å²) >= 11 is 1.20. The molecule has 0 radical (unpaired) electrons. The van der Waals surface area contributed by atoms with E-state index >= 15 is 0 Å². The van der Waals surface area contributed by atoms with Crippen molar-refractivity contribution < 1.29 is 14.6 Å². The monoisotopic (exact) mass is 293 g/mol. The fourth-order valence-corrected chi connectivity index (χ4v) is 2.24. The lowest BCUT2D eigenvalue weighted by atomic mass is 10.0. The summed E-state index contributed by atoms with van der Waals surface area (Å²) in [4.78, 5) is 11.4. The Kier molecular flexibility index (Phi) is 6.96. The van der Waals surface area contributed by atoms with Gasteiger partial charge in [-0.05, 0) is 43.7 Å². The van der Waals surface area contributed by atoms with Crippen molar-refractivity contribution in [3.05, 3.63) is 23.3 Å². The zero-order chi connectivity index (χ0) is 15.0. The van der Waals surface area contributed by atoms with Crippen LogP contribution in [0, 0.1) is 10.7 Å². The van der Waals surface area contributed by atoms with Crippen LogP contribution in [-0.4, -0.2) is 23.2 Å². The molecule has 4 nitrogen and oxygen atoms in total. The van der Waals surface area contributed by atoms with Crippen molar-refractivity contribution in [2.24, 2.45) is 0 Å². The van der Waals surface area contributed by atoms with Gasteiger partial charge in [0, 0.05) is 11.3 Å². The number of thiocyanates is 1. The van der Waals surface area contributed by atoms with Crippen LogP contribution in [-0.2, 0) is 6.42 Å². The third-order valence-corrected chi connectivity index (χ3v) is 3.45. The Balaban J connectivity index is 2.82. The molecule has 20 heavy (non-hydrogen) atoms. The number of carbonyl (C=O) groups is 1. The smallest absolute Gasteiger partial charge is 0.163 e. The van der Waals surface area contributed by atoms with Gasteiger partial charge in [0.15, 0.2) is 5.78 Å². The summed E-state index contributed by atoms with van der Waals surface area (Å²) in [5.74, 6) is 1.22. The van der Waals surface area contributed by atoms with Crippen molar-refractivity contribution in [2.75, 3.05) is 12.4 Å². The lowest BCUT2D eigenvalue weighted by molar-refractivity contribution is 0.101. The molecular weight excluding hydrogens is 274 g/mol. The molecule has 0 amide bonds. The fraction of sp³-hybridized carbons (Fsp3) is 0.467. The lowest BCUT2D eigenvalue weighted by Crippen LogP contribution is -2.04. The number of nitriles is 1. The second kappa shape index (κ2) is 8.49. The maximum absolute atomic E-state index is 11.4. The molecule has 0 atom stereocenters. The molecule has 0 aliphatic carbocycles. The topological polar surface area (TPSA) is 70.3 Å². The average molecular weight is 293 g/mol. The van der Waals surface area contributed by atoms with Gasteiger partial charge in [0.25, 0.3) is 0 Å². The van der Waals surface area contributed by atoms with Crippen molar-refractivity contribution in [3.8, 4) is 16.9 Å². The van der Waals surface area contributed by atoms with E-state index in [1.165, 1.54) is 18.7 Å². The van der Waals surface area contributed by atoms with Crippen LogP contribution >= 0.6 is 11.8 Å². The first-order valence-corrected chi connectivity index (χ1v) is 7.59. The number of hydrogen-bond acceptors (Lipinski definition) is 5. The summed E-state index contributed by atoms with van der Waals surface area (Å²) < 4.78 is 5.66. The van der Waals surface area contributed by atoms with E-state index < -0.39 is 0 Å². The first-order valence-electron chi connectivity index (χ1n) is 6.61. The van der Waals surface area contributed by atoms with Crippen molar-refractivity contribution in [3.63, 3.8) is 0 Å². The molecule has 0 aliphatic rings. The number of aromatic hydroxyl groups is 1. The molecule has 108 valence electrons. The number of ether oxygens (including phenoxy) is 1. The van der Waals surface area contributed by atoms with Crippen LogP contribution in [0.25, 0.3) is 0 Å². The number of hydrogen-bond donors (Lipinski definition) is 1. The van der Waals surface area contributed by atoms with Crippen molar-refractivity contribution in [2.45, 2.75) is 33.1 Å². The Morgan fingerprint density at radius 3 is 2.85 bits per heavy atom. The van der Waals surface area contributed by atoms with Gasteiger partial charge in [0.2, 0.25) is 0 Å². The maximum Gasteiger partial charge on any atom is 0.163 e. The minimum Gasteiger partial charge on any atom is -0.507 e. The molecule has 0 saturated carbocycles. The zero-order valence-corrected chi connectivity index (χ0v) is 12.6. The summed E-state index contributed by atoms with van der Waals surface area (Å²) in [6.07, 6.45) is 2.28. The molecule has 5 heteroatoms. The van der Waals surface area contributed by atoms with E-state index in [1.807, 2.05) is 12.3 Å². The van der Waals surface area contributed by atoms with E-state index in [0.29, 0.717) is 29.9 Å². The highest BCUT2D eigenvalue weighted by atomic mass is 32.2. The number of phenolic OH excluding ortho intramolecular Hbond substituents is 1. The Bertz CT molecular complexity index is 509. The summed E-state index contributed by atoms with van der Waals surface area (Å²) in [5, 5.41) is 20.6. The average Bonchev–Trinajstić information content (AvgIpc) is 2.41. The number of nitrogens with zero attached hydrogens (tertiary/aromatic N) is 1. The molecule has 1 aromatic carbocycles. The van der Waals surface area contributed by atoms with E-state index in [2.05, 4.69) is 0 Å². The van der Waals surface area contributed by atoms with Crippen LogP contribution in [0.4, 0.5) is 0 Å². The highest BCUT2D eigenvalue weighted by Gasteiger charge is 2.15. The Hall–Kier alpha value is -1.67. The molecule has 0 aromatic heterocycles. The lowest BCUT2D eigenvalue weighted by Gasteiger charge is -2.14. The third kappa shape index (κ3) is 4.46. The largest absolute Gasteiger partial charge is 0.507 e. The number of thioether (sulfide) groups is 1. The van der Waals surface area contributed by atoms with E-state index in [9.17, 15) is 9.90 Å². The van der Waals surface area contributed by atoms with Gasteiger partial charge >= 0.3 is 0 Å². The summed E-state index contributed by atoms with van der Waals surface area (Å²) in [6, 6.07) is 3.33. The summed E-state index contributed by atoms with van der Waals surface area (Å²) in [5.41, 5.74) is 1.02. The molecule has 1 rings (SSSR count). The predicted molar refractivity (Wildman–Crippen MR) is 80.3 cm³/mol. The minimum absolute atomic E-state index is 0.0308. The van der Waals surface area contributed by atoms with Crippen LogP contribution in [0.1, 0.15) is 42.6 Å². The standard InChI is InChI=1S/C15H19NO3S/c1-3-5-13-14(19-8-4-9-20-10-16)7-6-12(11(2)17)15(13)18/h6-7,18H,3-5,8-9H2,1-2H3. The Labute approximate surface area is 123 Å². The molecular formula is C15H19NO3S. The second-order valence-electron chi connectivity index (χ2n) is 4.39. The van der Waals surface area contributed by atoms with Crippen molar-refractivity contribution in [1.29, 1.82) is 5.26 Å². The first-order chi connectivity index (χ1) is 9.61. The van der Waals surface area contributed by atoms with Gasteiger partial charge in [-0.3, -0.25) is 4.79 Å². The van der Waals surface area contributed by atoms with Crippen LogP contribution in [0.2, 0.25) is 0 Å². The van der Waals surface area contributed by atoms with Gasteiger partial charge in [-0.25, -0.2) is 0 Å². The van der Waals surface area contributed by atoms with Crippen LogP contribution in [0.15, 0.2) is 12.1 Å². The number of Topliss-reactive ketones (excluding diaryl/α,β-unsaturated/α-hetero) is 1. The normalized spacial score (nSPS) is 10.1. The number of carbonyl (C=O) groups excluding carboxylic acids is 1. The van der Waals surface area contributed by atoms with Crippen LogP contribution in [0.5, 0.6) is 11.5 Å². The predicted octanol–water partition coefficient (Wildman–Crippen LogP) is 3.53. The summed E-state index contributed by atoms with van der Waals surface area (Å²) in [6.45, 7) is 3.93. The molecule has 0 heterocycles. The van der Waals surface area contributed by atoms with Gasteiger partial charge in [-0.2, -0.15) is 5.26 Å². The van der Waals surface area contributed by atoms with Gasteiger partial charge in [-0.1, -0.05) is 13.3 Å². The van der Waals surface area contributed by atoms with Crippen LogP contribution < -0.4 is 4.74 Å². The first kappa shape index (κ1) is 16.4. The Morgan fingerprint density at radius 2 is 2.25 bits per heavy atom. The third-order valence-electron chi connectivity index (χ3n) is 2.83. The van der Waals surface area contributed by atoms with Gasteiger partial charge in [0.05, 0.1) is 12.2 Å². The molecule has 0 saturated heterocycles. The van der Waals surface area contributed by atoms with E-state index in [-0.39, 0.29) is 11.5 Å². The molecule has 0 aliphatic heterocycles. The van der Waals surface area contributed by atoms with Crippen molar-refractivity contribution >= 4 is 17.5 Å². The Morgan fingerprint density at radius 1 is 1.50 bits per heavy atom. The van der Waals surface area contributed by atoms with Crippen LogP contribution in [0.3, 0.4) is 0 Å². The minimum atomic E-state index is -0.156.